The van der Waals surface area contributed by atoms with Crippen molar-refractivity contribution < 1.29 is 4.39 Å². The molecule has 1 aromatic carbocycles. The van der Waals surface area contributed by atoms with E-state index in [1.807, 2.05) is 33.0 Å². The number of hydrogen-bond donors (Lipinski definition) is 1. The van der Waals surface area contributed by atoms with Crippen LogP contribution in [0.4, 0.5) is 10.2 Å². The highest BCUT2D eigenvalue weighted by Gasteiger charge is 2.16. The third kappa shape index (κ3) is 2.98. The molecule has 0 bridgehead atoms. The number of anilines is 1. The first-order valence-corrected chi connectivity index (χ1v) is 10.2. The van der Waals surface area contributed by atoms with Gasteiger partial charge in [-0.3, -0.25) is 4.68 Å². The lowest BCUT2D eigenvalue weighted by molar-refractivity contribution is 0.613. The highest BCUT2D eigenvalue weighted by atomic mass is 32.1. The van der Waals surface area contributed by atoms with Gasteiger partial charge in [-0.25, -0.2) is 14.4 Å². The van der Waals surface area contributed by atoms with E-state index in [0.717, 1.165) is 42.9 Å². The highest BCUT2D eigenvalue weighted by Crippen LogP contribution is 2.36. The van der Waals surface area contributed by atoms with Crippen molar-refractivity contribution in [1.82, 2.24) is 29.9 Å². The van der Waals surface area contributed by atoms with Crippen molar-refractivity contribution in [3.63, 3.8) is 0 Å². The number of aryl methyl sites for hydroxylation is 3. The van der Waals surface area contributed by atoms with Crippen LogP contribution in [0.5, 0.6) is 0 Å². The van der Waals surface area contributed by atoms with Gasteiger partial charge in [0, 0.05) is 36.3 Å². The van der Waals surface area contributed by atoms with Crippen molar-refractivity contribution in [3.05, 3.63) is 59.4 Å². The minimum Gasteiger partial charge on any atom is -0.365 e. The molecule has 0 aliphatic heterocycles. The lowest BCUT2D eigenvalue weighted by Crippen LogP contribution is -2.04. The van der Waals surface area contributed by atoms with Crippen molar-refractivity contribution in [2.24, 2.45) is 7.05 Å². The normalized spacial score (nSPS) is 11.5. The maximum atomic E-state index is 14.7. The Balaban J connectivity index is 1.47. The fourth-order valence-corrected chi connectivity index (χ4v) is 4.59. The van der Waals surface area contributed by atoms with Crippen LogP contribution in [-0.4, -0.2) is 29.9 Å². The Kier molecular flexibility index (Phi) is 4.39. The molecule has 0 atom stereocenters. The van der Waals surface area contributed by atoms with Crippen LogP contribution in [0.1, 0.15) is 16.8 Å². The number of hydrogen-bond acceptors (Lipinski definition) is 7. The second-order valence-corrected chi connectivity index (χ2v) is 8.09. The van der Waals surface area contributed by atoms with Gasteiger partial charge in [-0.1, -0.05) is 12.1 Å². The molecule has 5 rings (SSSR count). The Morgan fingerprint density at radius 3 is 2.77 bits per heavy atom. The van der Waals surface area contributed by atoms with Crippen LogP contribution >= 0.6 is 11.3 Å². The number of nitrogens with one attached hydrogen (secondary N) is 1. The van der Waals surface area contributed by atoms with Gasteiger partial charge in [-0.15, -0.1) is 16.4 Å². The third-order valence-electron chi connectivity index (χ3n) is 5.28. The molecule has 0 unspecified atom stereocenters. The van der Waals surface area contributed by atoms with E-state index in [9.17, 15) is 4.39 Å². The molecule has 150 valence electrons. The van der Waals surface area contributed by atoms with E-state index in [0.29, 0.717) is 17.9 Å². The summed E-state index contributed by atoms with van der Waals surface area (Å²) in [5.41, 5.74) is 4.99. The van der Waals surface area contributed by atoms with Crippen molar-refractivity contribution in [3.8, 4) is 11.3 Å². The molecule has 4 aromatic heterocycles. The number of thiophene rings is 1. The third-order valence-corrected chi connectivity index (χ3v) is 6.35. The van der Waals surface area contributed by atoms with Gasteiger partial charge in [0.05, 0.1) is 21.6 Å². The van der Waals surface area contributed by atoms with Crippen LogP contribution in [-0.2, 0) is 13.6 Å². The standard InChI is InChI=1S/C21H18FN7S/c1-11-12(2)27-28-21-17(11)18-19(30-21)20(25-10-24-18)23-9-14-5-4-13(8-15(14)22)16-6-7-26-29(16)3/h4-8,10H,9H2,1-3H3,(H,23,24,25). The van der Waals surface area contributed by atoms with E-state index >= 15 is 0 Å². The maximum Gasteiger partial charge on any atom is 0.149 e. The summed E-state index contributed by atoms with van der Waals surface area (Å²) < 4.78 is 17.3. The number of benzene rings is 1. The first-order chi connectivity index (χ1) is 14.5. The topological polar surface area (TPSA) is 81.4 Å². The molecular formula is C21H18FN7S. The Labute approximate surface area is 175 Å². The SMILES string of the molecule is Cc1nnc2sc3c(NCc4ccc(-c5ccnn5C)cc4F)ncnc3c2c1C. The number of rotatable bonds is 4. The maximum absolute atomic E-state index is 14.7. The highest BCUT2D eigenvalue weighted by molar-refractivity contribution is 7.25. The molecule has 0 spiro atoms. The summed E-state index contributed by atoms with van der Waals surface area (Å²) in [4.78, 5) is 9.66. The smallest absolute Gasteiger partial charge is 0.149 e. The Morgan fingerprint density at radius 2 is 2.00 bits per heavy atom. The molecule has 4 heterocycles. The molecule has 0 radical (unpaired) electrons. The minimum absolute atomic E-state index is 0.278. The predicted molar refractivity (Wildman–Crippen MR) is 116 cm³/mol. The monoisotopic (exact) mass is 419 g/mol. The van der Waals surface area contributed by atoms with Gasteiger partial charge in [0.1, 0.15) is 22.8 Å². The second kappa shape index (κ2) is 7.10. The van der Waals surface area contributed by atoms with Gasteiger partial charge < -0.3 is 5.32 Å². The first kappa shape index (κ1) is 18.6. The summed E-state index contributed by atoms with van der Waals surface area (Å²) in [5, 5.41) is 16.9. The summed E-state index contributed by atoms with van der Waals surface area (Å²) in [7, 11) is 1.83. The zero-order valence-corrected chi connectivity index (χ0v) is 17.5. The van der Waals surface area contributed by atoms with Crippen LogP contribution in [0, 0.1) is 19.7 Å². The second-order valence-electron chi connectivity index (χ2n) is 7.09. The van der Waals surface area contributed by atoms with Crippen molar-refractivity contribution in [2.75, 3.05) is 5.32 Å². The van der Waals surface area contributed by atoms with Gasteiger partial charge in [0.15, 0.2) is 0 Å². The summed E-state index contributed by atoms with van der Waals surface area (Å²) in [6.45, 7) is 4.26. The fourth-order valence-electron chi connectivity index (χ4n) is 3.49. The Bertz CT molecular complexity index is 1410. The summed E-state index contributed by atoms with van der Waals surface area (Å²) in [6, 6.07) is 7.07. The van der Waals surface area contributed by atoms with Crippen molar-refractivity contribution >= 4 is 37.6 Å². The number of halogens is 1. The zero-order valence-electron chi connectivity index (χ0n) is 16.6. The number of aromatic nitrogens is 6. The quantitative estimate of drug-likeness (QED) is 0.465. The summed E-state index contributed by atoms with van der Waals surface area (Å²) >= 11 is 1.49. The van der Waals surface area contributed by atoms with Gasteiger partial charge in [-0.2, -0.15) is 10.2 Å². The van der Waals surface area contributed by atoms with Crippen LogP contribution in [0.2, 0.25) is 0 Å². The average molecular weight is 419 g/mol. The van der Waals surface area contributed by atoms with Crippen LogP contribution in [0.3, 0.4) is 0 Å². The molecule has 5 aromatic rings. The minimum atomic E-state index is -0.278. The van der Waals surface area contributed by atoms with Crippen molar-refractivity contribution in [2.45, 2.75) is 20.4 Å². The summed E-state index contributed by atoms with van der Waals surface area (Å²) in [5.74, 6) is 0.385. The van der Waals surface area contributed by atoms with E-state index in [4.69, 9.17) is 0 Å². The molecule has 0 aliphatic carbocycles. The molecule has 0 saturated carbocycles. The zero-order chi connectivity index (χ0) is 20.8. The molecule has 0 aliphatic rings. The molecule has 30 heavy (non-hydrogen) atoms. The fraction of sp³-hybridized carbons (Fsp3) is 0.190. The van der Waals surface area contributed by atoms with Gasteiger partial charge in [0.25, 0.3) is 0 Å². The Morgan fingerprint density at radius 1 is 1.13 bits per heavy atom. The summed E-state index contributed by atoms with van der Waals surface area (Å²) in [6.07, 6.45) is 3.22. The van der Waals surface area contributed by atoms with E-state index in [1.165, 1.54) is 23.7 Å². The van der Waals surface area contributed by atoms with Gasteiger partial charge >= 0.3 is 0 Å². The lowest BCUT2D eigenvalue weighted by atomic mass is 10.1. The largest absolute Gasteiger partial charge is 0.365 e. The van der Waals surface area contributed by atoms with E-state index in [1.54, 1.807) is 16.9 Å². The lowest BCUT2D eigenvalue weighted by Gasteiger charge is -2.09. The average Bonchev–Trinajstić information content (AvgIpc) is 3.34. The van der Waals surface area contributed by atoms with Crippen molar-refractivity contribution in [1.29, 1.82) is 0 Å². The van der Waals surface area contributed by atoms with E-state index < -0.39 is 0 Å². The molecular weight excluding hydrogens is 401 g/mol. The van der Waals surface area contributed by atoms with Crippen LogP contribution in [0.15, 0.2) is 36.8 Å². The number of nitrogens with zero attached hydrogens (tertiary/aromatic N) is 6. The Hall–Kier alpha value is -3.46. The van der Waals surface area contributed by atoms with Gasteiger partial charge in [-0.05, 0) is 31.5 Å². The van der Waals surface area contributed by atoms with E-state index in [-0.39, 0.29) is 5.82 Å². The molecule has 1 N–H and O–H groups in total. The molecule has 0 amide bonds. The number of fused-ring (bicyclic) bond motifs is 3. The molecule has 9 heteroatoms. The molecule has 0 saturated heterocycles. The molecule has 0 fully saturated rings. The first-order valence-electron chi connectivity index (χ1n) is 9.40. The van der Waals surface area contributed by atoms with Crippen LogP contribution in [0.25, 0.3) is 31.7 Å². The van der Waals surface area contributed by atoms with E-state index in [2.05, 4.69) is 30.6 Å². The van der Waals surface area contributed by atoms with Gasteiger partial charge in [0.2, 0.25) is 0 Å². The molecule has 7 nitrogen and oxygen atoms in total. The predicted octanol–water partition coefficient (Wildman–Crippen LogP) is 4.40. The van der Waals surface area contributed by atoms with Crippen LogP contribution < -0.4 is 5.32 Å².